The van der Waals surface area contributed by atoms with Crippen molar-refractivity contribution in [2.24, 2.45) is 0 Å². The molecule has 2 unspecified atom stereocenters. The Balaban J connectivity index is 1.80. The molecule has 1 heterocycles. The molecule has 0 aromatic heterocycles. The van der Waals surface area contributed by atoms with E-state index in [-0.39, 0.29) is 11.0 Å². The van der Waals surface area contributed by atoms with Crippen molar-refractivity contribution in [1.82, 2.24) is 10.2 Å². The van der Waals surface area contributed by atoms with Gasteiger partial charge in [0.2, 0.25) is 0 Å². The van der Waals surface area contributed by atoms with E-state index >= 15 is 0 Å². The molecule has 2 rings (SSSR count). The van der Waals surface area contributed by atoms with Crippen molar-refractivity contribution < 1.29 is 18.3 Å². The summed E-state index contributed by atoms with van der Waals surface area (Å²) in [6.07, 6.45) is 0.634. The summed E-state index contributed by atoms with van der Waals surface area (Å²) >= 11 is 0. The first-order valence-corrected chi connectivity index (χ1v) is 9.24. The van der Waals surface area contributed by atoms with Crippen molar-refractivity contribution in [3.8, 4) is 0 Å². The molecule has 2 atom stereocenters. The number of likely N-dealkylation sites (N-methyl/N-ethyl adjacent to an activating group) is 1. The minimum atomic E-state index is -3.20. The van der Waals surface area contributed by atoms with Crippen molar-refractivity contribution in [3.05, 3.63) is 29.8 Å². The average Bonchev–Trinajstić information content (AvgIpc) is 2.46. The molecule has 1 aliphatic rings. The summed E-state index contributed by atoms with van der Waals surface area (Å²) in [5.74, 6) is 0. The van der Waals surface area contributed by atoms with Gasteiger partial charge in [0, 0.05) is 32.4 Å². The number of aliphatic hydroxyl groups excluding tert-OH is 1. The Morgan fingerprint density at radius 1 is 1.41 bits per heavy atom. The number of nitrogens with one attached hydrogen (secondary N) is 1. The average molecular weight is 328 g/mol. The molecule has 1 aliphatic heterocycles. The SMILES string of the molecule is CN1CCOC(CNCC(O)c2ccc(S(C)(=O)=O)cc2)C1. The predicted molar refractivity (Wildman–Crippen MR) is 84.6 cm³/mol. The van der Waals surface area contributed by atoms with Gasteiger partial charge in [-0.2, -0.15) is 0 Å². The van der Waals surface area contributed by atoms with Crippen LogP contribution in [0, 0.1) is 0 Å². The van der Waals surface area contributed by atoms with Gasteiger partial charge < -0.3 is 20.1 Å². The zero-order valence-electron chi connectivity index (χ0n) is 13.0. The maximum Gasteiger partial charge on any atom is 0.175 e. The third-order valence-electron chi connectivity index (χ3n) is 3.74. The Morgan fingerprint density at radius 2 is 2.09 bits per heavy atom. The highest BCUT2D eigenvalue weighted by Crippen LogP contribution is 2.16. The highest BCUT2D eigenvalue weighted by Gasteiger charge is 2.18. The van der Waals surface area contributed by atoms with Crippen molar-refractivity contribution in [2.75, 3.05) is 46.1 Å². The van der Waals surface area contributed by atoms with Crippen molar-refractivity contribution in [3.63, 3.8) is 0 Å². The minimum Gasteiger partial charge on any atom is -0.387 e. The van der Waals surface area contributed by atoms with Crippen LogP contribution < -0.4 is 5.32 Å². The van der Waals surface area contributed by atoms with Gasteiger partial charge in [-0.1, -0.05) is 12.1 Å². The maximum atomic E-state index is 11.4. The van der Waals surface area contributed by atoms with E-state index in [4.69, 9.17) is 4.74 Å². The zero-order valence-corrected chi connectivity index (χ0v) is 13.8. The number of morpholine rings is 1. The molecule has 1 aromatic rings. The maximum absolute atomic E-state index is 11.4. The van der Waals surface area contributed by atoms with Crippen molar-refractivity contribution in [1.29, 1.82) is 0 Å². The summed E-state index contributed by atoms with van der Waals surface area (Å²) in [6.45, 7) is 3.65. The largest absolute Gasteiger partial charge is 0.387 e. The first-order valence-electron chi connectivity index (χ1n) is 7.35. The molecule has 124 valence electrons. The Labute approximate surface area is 132 Å². The fraction of sp³-hybridized carbons (Fsp3) is 0.600. The summed E-state index contributed by atoms with van der Waals surface area (Å²) in [7, 11) is -1.14. The van der Waals surface area contributed by atoms with E-state index in [1.165, 1.54) is 18.4 Å². The molecule has 22 heavy (non-hydrogen) atoms. The van der Waals surface area contributed by atoms with Crippen LogP contribution in [0.15, 0.2) is 29.2 Å². The number of hydrogen-bond acceptors (Lipinski definition) is 6. The Bertz CT molecular complexity index is 574. The molecule has 0 bridgehead atoms. The molecular weight excluding hydrogens is 304 g/mol. The number of benzene rings is 1. The number of aliphatic hydroxyl groups is 1. The van der Waals surface area contributed by atoms with Crippen LogP contribution in [0.2, 0.25) is 0 Å². The van der Waals surface area contributed by atoms with Gasteiger partial charge in [-0.05, 0) is 24.7 Å². The molecule has 0 spiro atoms. The van der Waals surface area contributed by atoms with E-state index in [0.29, 0.717) is 18.7 Å². The van der Waals surface area contributed by atoms with Gasteiger partial charge in [-0.3, -0.25) is 0 Å². The molecule has 2 N–H and O–H groups in total. The number of nitrogens with zero attached hydrogens (tertiary/aromatic N) is 1. The topological polar surface area (TPSA) is 78.9 Å². The van der Waals surface area contributed by atoms with Gasteiger partial charge in [0.15, 0.2) is 9.84 Å². The third-order valence-corrected chi connectivity index (χ3v) is 4.87. The Kier molecular flexibility index (Phi) is 5.94. The second kappa shape index (κ2) is 7.52. The second-order valence-electron chi connectivity index (χ2n) is 5.77. The Morgan fingerprint density at radius 3 is 2.68 bits per heavy atom. The van der Waals surface area contributed by atoms with E-state index in [1.54, 1.807) is 12.1 Å². The van der Waals surface area contributed by atoms with Gasteiger partial charge >= 0.3 is 0 Å². The zero-order chi connectivity index (χ0) is 16.2. The van der Waals surface area contributed by atoms with E-state index < -0.39 is 15.9 Å². The van der Waals surface area contributed by atoms with Crippen LogP contribution in [0.4, 0.5) is 0 Å². The molecule has 7 heteroatoms. The van der Waals surface area contributed by atoms with E-state index in [0.717, 1.165) is 19.7 Å². The van der Waals surface area contributed by atoms with Crippen LogP contribution in [-0.4, -0.2) is 70.6 Å². The summed E-state index contributed by atoms with van der Waals surface area (Å²) in [6, 6.07) is 6.33. The summed E-state index contributed by atoms with van der Waals surface area (Å²) in [5.41, 5.74) is 0.696. The molecule has 0 amide bonds. The summed E-state index contributed by atoms with van der Waals surface area (Å²) < 4.78 is 28.4. The van der Waals surface area contributed by atoms with E-state index in [9.17, 15) is 13.5 Å². The predicted octanol–water partition coefficient (Wildman–Crippen LogP) is 0.0437. The number of sulfone groups is 1. The lowest BCUT2D eigenvalue weighted by atomic mass is 10.1. The molecule has 1 saturated heterocycles. The molecule has 1 aromatic carbocycles. The molecule has 6 nitrogen and oxygen atoms in total. The van der Waals surface area contributed by atoms with Crippen molar-refractivity contribution >= 4 is 9.84 Å². The Hall–Kier alpha value is -0.990. The smallest absolute Gasteiger partial charge is 0.175 e. The lowest BCUT2D eigenvalue weighted by Gasteiger charge is -2.30. The first kappa shape index (κ1) is 17.4. The standard InChI is InChI=1S/C15H24N2O4S/c1-17-7-8-21-13(11-17)9-16-10-15(18)12-3-5-14(6-4-12)22(2,19)20/h3-6,13,15-16,18H,7-11H2,1-2H3. The molecule has 0 radical (unpaired) electrons. The van der Waals surface area contributed by atoms with Gasteiger partial charge in [0.1, 0.15) is 0 Å². The second-order valence-corrected chi connectivity index (χ2v) is 7.79. The first-order chi connectivity index (χ1) is 10.4. The van der Waals surface area contributed by atoms with Crippen LogP contribution in [0.1, 0.15) is 11.7 Å². The van der Waals surface area contributed by atoms with Gasteiger partial charge in [0.05, 0.1) is 23.7 Å². The normalized spacial score (nSPS) is 21.7. The molecule has 1 fully saturated rings. The fourth-order valence-electron chi connectivity index (χ4n) is 2.43. The quantitative estimate of drug-likeness (QED) is 0.768. The number of rotatable bonds is 6. The van der Waals surface area contributed by atoms with Crippen LogP contribution in [0.25, 0.3) is 0 Å². The van der Waals surface area contributed by atoms with E-state index in [2.05, 4.69) is 17.3 Å². The third kappa shape index (κ3) is 5.03. The summed E-state index contributed by atoms with van der Waals surface area (Å²) in [5, 5.41) is 13.3. The lowest BCUT2D eigenvalue weighted by molar-refractivity contribution is -0.0191. The minimum absolute atomic E-state index is 0.138. The highest BCUT2D eigenvalue weighted by atomic mass is 32.2. The van der Waals surface area contributed by atoms with E-state index in [1.807, 2.05) is 0 Å². The molecule has 0 saturated carbocycles. The van der Waals surface area contributed by atoms with Crippen LogP contribution in [0.5, 0.6) is 0 Å². The fourth-order valence-corrected chi connectivity index (χ4v) is 3.06. The van der Waals surface area contributed by atoms with Gasteiger partial charge in [-0.15, -0.1) is 0 Å². The number of hydrogen-bond donors (Lipinski definition) is 2. The summed E-state index contributed by atoms with van der Waals surface area (Å²) in [4.78, 5) is 2.48. The van der Waals surface area contributed by atoms with Crippen LogP contribution in [-0.2, 0) is 14.6 Å². The van der Waals surface area contributed by atoms with Gasteiger partial charge in [-0.25, -0.2) is 8.42 Å². The van der Waals surface area contributed by atoms with Crippen molar-refractivity contribution in [2.45, 2.75) is 17.1 Å². The van der Waals surface area contributed by atoms with Gasteiger partial charge in [0.25, 0.3) is 0 Å². The molecule has 0 aliphatic carbocycles. The number of ether oxygens (including phenoxy) is 1. The highest BCUT2D eigenvalue weighted by molar-refractivity contribution is 7.90. The lowest BCUT2D eigenvalue weighted by Crippen LogP contribution is -2.45. The van der Waals surface area contributed by atoms with Crippen LogP contribution in [0.3, 0.4) is 0 Å². The van der Waals surface area contributed by atoms with Crippen LogP contribution >= 0.6 is 0 Å². The monoisotopic (exact) mass is 328 g/mol. The molecular formula is C15H24N2O4S.